The molecule has 8 nitrogen and oxygen atoms in total. The van der Waals surface area contributed by atoms with E-state index in [1.165, 1.54) is 16.4 Å². The van der Waals surface area contributed by atoms with Crippen molar-refractivity contribution in [1.29, 1.82) is 0 Å². The van der Waals surface area contributed by atoms with Crippen LogP contribution in [0.15, 0.2) is 41.3 Å². The number of aryl methyl sites for hydroxylation is 2. The molecule has 0 aliphatic carbocycles. The molecule has 0 spiro atoms. The van der Waals surface area contributed by atoms with E-state index < -0.39 is 10.0 Å². The quantitative estimate of drug-likeness (QED) is 0.650. The Morgan fingerprint density at radius 3 is 2.28 bits per heavy atom. The first-order valence-electron chi connectivity index (χ1n) is 10.5. The lowest BCUT2D eigenvalue weighted by Crippen LogP contribution is -2.40. The van der Waals surface area contributed by atoms with Gasteiger partial charge < -0.3 is 14.8 Å². The number of hydrogen-bond acceptors (Lipinski definition) is 6. The second-order valence-electron chi connectivity index (χ2n) is 8.02. The number of hydrogen-bond donors (Lipinski definition) is 1. The van der Waals surface area contributed by atoms with Crippen molar-refractivity contribution in [2.75, 3.05) is 52.3 Å². The SMILES string of the molecule is COc1c(C)cc(CN(C)CC(=O)Nc2ccc(S(=O)(=O)N3CCOCC3)cc2)cc1C. The number of methoxy groups -OCH3 is 1. The van der Waals surface area contributed by atoms with Crippen molar-refractivity contribution in [2.45, 2.75) is 25.3 Å². The molecule has 2 aromatic rings. The first kappa shape index (κ1) is 24.2. The molecule has 0 saturated carbocycles. The van der Waals surface area contributed by atoms with Crippen LogP contribution in [0.5, 0.6) is 5.75 Å². The summed E-state index contributed by atoms with van der Waals surface area (Å²) in [6.45, 7) is 6.33. The summed E-state index contributed by atoms with van der Waals surface area (Å²) in [6, 6.07) is 10.4. The summed E-state index contributed by atoms with van der Waals surface area (Å²) < 4.78 is 37.4. The third-order valence-electron chi connectivity index (χ3n) is 5.34. The fourth-order valence-corrected chi connectivity index (χ4v) is 5.32. The minimum absolute atomic E-state index is 0.168. The van der Waals surface area contributed by atoms with Gasteiger partial charge in [0.1, 0.15) is 5.75 Å². The molecule has 0 bridgehead atoms. The van der Waals surface area contributed by atoms with E-state index in [0.717, 1.165) is 22.4 Å². The number of nitrogens with one attached hydrogen (secondary N) is 1. The fourth-order valence-electron chi connectivity index (χ4n) is 3.91. The Morgan fingerprint density at radius 1 is 1.12 bits per heavy atom. The fraction of sp³-hybridized carbons (Fsp3) is 0.435. The van der Waals surface area contributed by atoms with Crippen LogP contribution in [0.25, 0.3) is 0 Å². The highest BCUT2D eigenvalue weighted by Crippen LogP contribution is 2.25. The number of amides is 1. The van der Waals surface area contributed by atoms with Crippen molar-refractivity contribution in [3.8, 4) is 5.75 Å². The number of carbonyl (C=O) groups is 1. The van der Waals surface area contributed by atoms with Gasteiger partial charge >= 0.3 is 0 Å². The molecule has 1 aliphatic heterocycles. The standard InChI is InChI=1S/C23H31N3O5S/c1-17-13-19(14-18(2)23(17)30-4)15-25(3)16-22(27)24-20-5-7-21(8-6-20)32(28,29)26-9-11-31-12-10-26/h5-8,13-14H,9-12,15-16H2,1-4H3,(H,24,27). The van der Waals surface area contributed by atoms with Gasteiger partial charge in [0, 0.05) is 25.3 Å². The third kappa shape index (κ3) is 5.86. The van der Waals surface area contributed by atoms with E-state index in [9.17, 15) is 13.2 Å². The molecule has 1 aliphatic rings. The molecule has 1 heterocycles. The van der Waals surface area contributed by atoms with E-state index in [2.05, 4.69) is 17.4 Å². The summed E-state index contributed by atoms with van der Waals surface area (Å²) in [4.78, 5) is 14.6. The van der Waals surface area contributed by atoms with E-state index >= 15 is 0 Å². The smallest absolute Gasteiger partial charge is 0.243 e. The van der Waals surface area contributed by atoms with Gasteiger partial charge in [0.05, 0.1) is 31.8 Å². The molecule has 0 radical (unpaired) electrons. The van der Waals surface area contributed by atoms with Crippen LogP contribution in [0.2, 0.25) is 0 Å². The molecule has 1 saturated heterocycles. The maximum Gasteiger partial charge on any atom is 0.243 e. The van der Waals surface area contributed by atoms with Gasteiger partial charge in [-0.2, -0.15) is 4.31 Å². The van der Waals surface area contributed by atoms with Crippen LogP contribution < -0.4 is 10.1 Å². The second-order valence-corrected chi connectivity index (χ2v) is 9.96. The number of nitrogens with zero attached hydrogens (tertiary/aromatic N) is 2. The highest BCUT2D eigenvalue weighted by Gasteiger charge is 2.26. The predicted octanol–water partition coefficient (Wildman–Crippen LogP) is 2.40. The van der Waals surface area contributed by atoms with E-state index in [0.29, 0.717) is 38.5 Å². The molecular weight excluding hydrogens is 430 g/mol. The van der Waals surface area contributed by atoms with Gasteiger partial charge in [0.15, 0.2) is 0 Å². The van der Waals surface area contributed by atoms with Crippen molar-refractivity contribution in [3.63, 3.8) is 0 Å². The van der Waals surface area contributed by atoms with Crippen molar-refractivity contribution >= 4 is 21.6 Å². The largest absolute Gasteiger partial charge is 0.496 e. The predicted molar refractivity (Wildman–Crippen MR) is 123 cm³/mol. The van der Waals surface area contributed by atoms with Gasteiger partial charge in [-0.05, 0) is 61.9 Å². The number of rotatable bonds is 8. The lowest BCUT2D eigenvalue weighted by atomic mass is 10.1. The number of anilines is 1. The number of carbonyl (C=O) groups excluding carboxylic acids is 1. The average molecular weight is 462 g/mol. The van der Waals surface area contributed by atoms with Crippen LogP contribution in [0, 0.1) is 13.8 Å². The molecule has 0 unspecified atom stereocenters. The van der Waals surface area contributed by atoms with Crippen LogP contribution in [0.4, 0.5) is 5.69 Å². The Morgan fingerprint density at radius 2 is 1.72 bits per heavy atom. The number of likely N-dealkylation sites (N-methyl/N-ethyl adjacent to an activating group) is 1. The van der Waals surface area contributed by atoms with Gasteiger partial charge in [-0.1, -0.05) is 12.1 Å². The lowest BCUT2D eigenvalue weighted by molar-refractivity contribution is -0.117. The van der Waals surface area contributed by atoms with Gasteiger partial charge in [0.25, 0.3) is 0 Å². The molecule has 2 aromatic carbocycles. The maximum atomic E-state index is 12.7. The van der Waals surface area contributed by atoms with Crippen LogP contribution in [0.1, 0.15) is 16.7 Å². The topological polar surface area (TPSA) is 88.2 Å². The summed E-state index contributed by atoms with van der Waals surface area (Å²) in [6.07, 6.45) is 0. The van der Waals surface area contributed by atoms with E-state index in [-0.39, 0.29) is 17.3 Å². The van der Waals surface area contributed by atoms with Crippen molar-refractivity contribution < 1.29 is 22.7 Å². The molecular formula is C23H31N3O5S. The molecule has 9 heteroatoms. The van der Waals surface area contributed by atoms with Gasteiger partial charge in [0.2, 0.25) is 15.9 Å². The van der Waals surface area contributed by atoms with Crippen molar-refractivity contribution in [2.24, 2.45) is 0 Å². The maximum absolute atomic E-state index is 12.7. The Labute approximate surface area is 190 Å². The zero-order valence-corrected chi connectivity index (χ0v) is 19.9. The summed E-state index contributed by atoms with van der Waals surface area (Å²) in [7, 11) is -0.00540. The first-order valence-corrected chi connectivity index (χ1v) is 11.9. The van der Waals surface area contributed by atoms with Gasteiger partial charge in [-0.15, -0.1) is 0 Å². The number of ether oxygens (including phenoxy) is 2. The van der Waals surface area contributed by atoms with Gasteiger partial charge in [-0.25, -0.2) is 8.42 Å². The first-order chi connectivity index (χ1) is 15.2. The molecule has 1 amide bonds. The van der Waals surface area contributed by atoms with E-state index in [1.807, 2.05) is 25.8 Å². The highest BCUT2D eigenvalue weighted by molar-refractivity contribution is 7.89. The summed E-state index contributed by atoms with van der Waals surface area (Å²) in [5, 5.41) is 2.83. The van der Waals surface area contributed by atoms with Crippen LogP contribution in [-0.4, -0.2) is 70.5 Å². The molecule has 1 fully saturated rings. The van der Waals surface area contributed by atoms with Crippen molar-refractivity contribution in [3.05, 3.63) is 53.1 Å². The highest BCUT2D eigenvalue weighted by atomic mass is 32.2. The summed E-state index contributed by atoms with van der Waals surface area (Å²) in [5.74, 6) is 0.714. The minimum Gasteiger partial charge on any atom is -0.496 e. The van der Waals surface area contributed by atoms with Crippen LogP contribution >= 0.6 is 0 Å². The van der Waals surface area contributed by atoms with Gasteiger partial charge in [-0.3, -0.25) is 9.69 Å². The van der Waals surface area contributed by atoms with E-state index in [4.69, 9.17) is 9.47 Å². The Balaban J connectivity index is 1.56. The Hall–Kier alpha value is -2.46. The Bertz CT molecular complexity index is 1020. The van der Waals surface area contributed by atoms with Crippen molar-refractivity contribution in [1.82, 2.24) is 9.21 Å². The van der Waals surface area contributed by atoms with Crippen LogP contribution in [-0.2, 0) is 26.1 Å². The van der Waals surface area contributed by atoms with Crippen LogP contribution in [0.3, 0.4) is 0 Å². The number of morpholine rings is 1. The zero-order valence-electron chi connectivity index (χ0n) is 19.1. The molecule has 174 valence electrons. The molecule has 32 heavy (non-hydrogen) atoms. The lowest BCUT2D eigenvalue weighted by Gasteiger charge is -2.26. The number of benzene rings is 2. The summed E-state index contributed by atoms with van der Waals surface area (Å²) >= 11 is 0. The zero-order chi connectivity index (χ0) is 23.3. The summed E-state index contributed by atoms with van der Waals surface area (Å²) in [5.41, 5.74) is 3.79. The van der Waals surface area contributed by atoms with E-state index in [1.54, 1.807) is 19.2 Å². The normalized spacial score (nSPS) is 15.0. The monoisotopic (exact) mass is 461 g/mol. The molecule has 0 aromatic heterocycles. The molecule has 0 atom stereocenters. The molecule has 1 N–H and O–H groups in total. The minimum atomic E-state index is -3.55. The average Bonchev–Trinajstić information content (AvgIpc) is 2.74. The third-order valence-corrected chi connectivity index (χ3v) is 7.25. The number of sulfonamides is 1. The second kappa shape index (κ2) is 10.4. The molecule has 3 rings (SSSR count). The Kier molecular flexibility index (Phi) is 7.89.